The molecule has 1 aliphatic rings. The number of nitrogens with one attached hydrogen (secondary N) is 1. The molecule has 140 valence electrons. The summed E-state index contributed by atoms with van der Waals surface area (Å²) in [5, 5.41) is 3.29. The second kappa shape index (κ2) is 13.3. The van der Waals surface area contributed by atoms with Gasteiger partial charge < -0.3 is 19.7 Å². The summed E-state index contributed by atoms with van der Waals surface area (Å²) in [7, 11) is 3.14. The second-order valence-corrected chi connectivity index (χ2v) is 5.54. The van der Waals surface area contributed by atoms with E-state index < -0.39 is 0 Å². The van der Waals surface area contributed by atoms with Crippen LogP contribution in [0.25, 0.3) is 0 Å². The molecule has 0 spiro atoms. The van der Waals surface area contributed by atoms with Gasteiger partial charge in [0, 0.05) is 33.1 Å². The van der Waals surface area contributed by atoms with Crippen molar-refractivity contribution in [2.45, 2.75) is 39.0 Å². The lowest BCUT2D eigenvalue weighted by Gasteiger charge is -2.33. The van der Waals surface area contributed by atoms with E-state index in [1.807, 2.05) is 6.92 Å². The fraction of sp³-hybridized carbons (Fsp3) is 0.812. The minimum Gasteiger partial charge on any atom is -0.469 e. The molecule has 1 fully saturated rings. The van der Waals surface area contributed by atoms with Crippen LogP contribution in [0, 0.1) is 5.92 Å². The first kappa shape index (κ1) is 22.9. The van der Waals surface area contributed by atoms with Gasteiger partial charge >= 0.3 is 11.9 Å². The Morgan fingerprint density at radius 3 is 2.71 bits per heavy atom. The maximum Gasteiger partial charge on any atom is 0.310 e. The lowest BCUT2D eigenvalue weighted by atomic mass is 9.98. The van der Waals surface area contributed by atoms with Crippen LogP contribution in [0.4, 0.5) is 0 Å². The van der Waals surface area contributed by atoms with Crippen molar-refractivity contribution in [1.82, 2.24) is 10.2 Å². The van der Waals surface area contributed by atoms with Gasteiger partial charge in [-0.2, -0.15) is 0 Å². The van der Waals surface area contributed by atoms with Crippen LogP contribution < -0.4 is 5.32 Å². The molecule has 1 N–H and O–H groups in total. The number of carbonyl (C=O) groups excluding carboxylic acids is 2. The number of likely N-dealkylation sites (tertiary alicyclic amines) is 1. The van der Waals surface area contributed by atoms with Crippen molar-refractivity contribution >= 4 is 41.9 Å². The lowest BCUT2D eigenvalue weighted by Crippen LogP contribution is -2.48. The van der Waals surface area contributed by atoms with E-state index in [9.17, 15) is 9.59 Å². The number of halogens is 1. The van der Waals surface area contributed by atoms with Crippen molar-refractivity contribution in [2.24, 2.45) is 10.9 Å². The summed E-state index contributed by atoms with van der Waals surface area (Å²) in [5.41, 5.74) is 0. The quantitative estimate of drug-likeness (QED) is 0.207. The molecule has 1 heterocycles. The van der Waals surface area contributed by atoms with Crippen molar-refractivity contribution in [2.75, 3.05) is 40.4 Å². The highest BCUT2D eigenvalue weighted by atomic mass is 127. The molecule has 0 radical (unpaired) electrons. The van der Waals surface area contributed by atoms with Crippen molar-refractivity contribution in [3.05, 3.63) is 0 Å². The summed E-state index contributed by atoms with van der Waals surface area (Å²) in [6.07, 6.45) is 3.90. The van der Waals surface area contributed by atoms with Gasteiger partial charge in [-0.15, -0.1) is 24.0 Å². The highest BCUT2D eigenvalue weighted by molar-refractivity contribution is 14.0. The third-order valence-electron chi connectivity index (χ3n) is 3.87. The summed E-state index contributed by atoms with van der Waals surface area (Å²) >= 11 is 0. The van der Waals surface area contributed by atoms with E-state index in [0.29, 0.717) is 19.6 Å². The highest BCUT2D eigenvalue weighted by Gasteiger charge is 2.28. The SMILES string of the molecule is CCOC(=O)C1CCCN(C(=NC)NCCCCC(=O)OC)C1.I. The molecular weight excluding hydrogens is 425 g/mol. The fourth-order valence-electron chi connectivity index (χ4n) is 2.65. The molecule has 1 saturated heterocycles. The summed E-state index contributed by atoms with van der Waals surface area (Å²) in [4.78, 5) is 29.3. The molecule has 1 unspecified atom stereocenters. The first-order valence-corrected chi connectivity index (χ1v) is 8.31. The Kier molecular flexibility index (Phi) is 12.7. The van der Waals surface area contributed by atoms with E-state index in [-0.39, 0.29) is 41.8 Å². The minimum absolute atomic E-state index is 0. The number of carbonyl (C=O) groups is 2. The number of ether oxygens (including phenoxy) is 2. The zero-order valence-corrected chi connectivity index (χ0v) is 17.2. The molecule has 8 heteroatoms. The number of hydrogen-bond acceptors (Lipinski definition) is 5. The van der Waals surface area contributed by atoms with Crippen molar-refractivity contribution in [3.63, 3.8) is 0 Å². The Balaban J connectivity index is 0.00000529. The van der Waals surface area contributed by atoms with Crippen LogP contribution in [0.15, 0.2) is 4.99 Å². The zero-order chi connectivity index (χ0) is 17.1. The number of hydrogen-bond donors (Lipinski definition) is 1. The zero-order valence-electron chi connectivity index (χ0n) is 14.9. The summed E-state index contributed by atoms with van der Waals surface area (Å²) in [6, 6.07) is 0. The van der Waals surface area contributed by atoms with Gasteiger partial charge in [0.05, 0.1) is 19.6 Å². The van der Waals surface area contributed by atoms with Crippen molar-refractivity contribution in [1.29, 1.82) is 0 Å². The van der Waals surface area contributed by atoms with Gasteiger partial charge in [0.2, 0.25) is 0 Å². The Hall–Kier alpha value is -1.06. The number of aliphatic imine (C=N–C) groups is 1. The maximum atomic E-state index is 11.9. The highest BCUT2D eigenvalue weighted by Crippen LogP contribution is 2.18. The smallest absolute Gasteiger partial charge is 0.310 e. The average molecular weight is 455 g/mol. The number of unbranched alkanes of at least 4 members (excludes halogenated alkanes) is 1. The molecule has 0 amide bonds. The molecule has 1 atom stereocenters. The molecule has 1 rings (SSSR count). The van der Waals surface area contributed by atoms with Crippen LogP contribution >= 0.6 is 24.0 Å². The number of esters is 2. The second-order valence-electron chi connectivity index (χ2n) is 5.54. The molecule has 0 aliphatic carbocycles. The van der Waals surface area contributed by atoms with E-state index in [1.165, 1.54) is 7.11 Å². The molecule has 0 aromatic rings. The summed E-state index contributed by atoms with van der Waals surface area (Å²) < 4.78 is 9.73. The molecule has 0 aromatic carbocycles. The summed E-state index contributed by atoms with van der Waals surface area (Å²) in [6.45, 7) is 4.51. The number of guanidine groups is 1. The Morgan fingerprint density at radius 2 is 2.08 bits per heavy atom. The lowest BCUT2D eigenvalue weighted by molar-refractivity contribution is -0.149. The van der Waals surface area contributed by atoms with Crippen LogP contribution in [0.1, 0.15) is 39.0 Å². The van der Waals surface area contributed by atoms with Crippen LogP contribution in [-0.4, -0.2) is 63.2 Å². The standard InChI is InChI=1S/C16H29N3O4.HI/c1-4-23-15(21)13-8-7-11-19(12-13)16(17-2)18-10-6-5-9-14(20)22-3;/h13H,4-12H2,1-3H3,(H,17,18);1H. The van der Waals surface area contributed by atoms with E-state index in [4.69, 9.17) is 4.74 Å². The Bertz CT molecular complexity index is 418. The van der Waals surface area contributed by atoms with E-state index in [2.05, 4.69) is 19.9 Å². The first-order valence-electron chi connectivity index (χ1n) is 8.31. The van der Waals surface area contributed by atoms with E-state index in [1.54, 1.807) is 7.05 Å². The number of piperidine rings is 1. The van der Waals surface area contributed by atoms with Crippen LogP contribution in [0.2, 0.25) is 0 Å². The molecule has 24 heavy (non-hydrogen) atoms. The number of nitrogens with zero attached hydrogens (tertiary/aromatic N) is 2. The van der Waals surface area contributed by atoms with Crippen molar-refractivity contribution in [3.8, 4) is 0 Å². The Labute approximate surface area is 161 Å². The van der Waals surface area contributed by atoms with Gasteiger partial charge in [0.15, 0.2) is 5.96 Å². The minimum atomic E-state index is -0.178. The molecule has 0 bridgehead atoms. The molecule has 7 nitrogen and oxygen atoms in total. The summed E-state index contributed by atoms with van der Waals surface area (Å²) in [5.74, 6) is 0.423. The van der Waals surface area contributed by atoms with Gasteiger partial charge in [-0.25, -0.2) is 0 Å². The van der Waals surface area contributed by atoms with Gasteiger partial charge in [0.25, 0.3) is 0 Å². The maximum absolute atomic E-state index is 11.9. The van der Waals surface area contributed by atoms with Gasteiger partial charge in [-0.05, 0) is 32.6 Å². The van der Waals surface area contributed by atoms with Crippen LogP contribution in [0.5, 0.6) is 0 Å². The predicted octanol–water partition coefficient (Wildman–Crippen LogP) is 1.80. The molecule has 0 saturated carbocycles. The Morgan fingerprint density at radius 1 is 1.33 bits per heavy atom. The van der Waals surface area contributed by atoms with Crippen LogP contribution in [0.3, 0.4) is 0 Å². The number of rotatable bonds is 7. The fourth-order valence-corrected chi connectivity index (χ4v) is 2.65. The largest absolute Gasteiger partial charge is 0.469 e. The van der Waals surface area contributed by atoms with E-state index >= 15 is 0 Å². The van der Waals surface area contributed by atoms with Gasteiger partial charge in [0.1, 0.15) is 0 Å². The monoisotopic (exact) mass is 455 g/mol. The molecular formula is C16H30IN3O4. The topological polar surface area (TPSA) is 80.2 Å². The molecule has 1 aliphatic heterocycles. The van der Waals surface area contributed by atoms with Crippen molar-refractivity contribution < 1.29 is 19.1 Å². The van der Waals surface area contributed by atoms with Gasteiger partial charge in [-0.3, -0.25) is 14.6 Å². The third kappa shape index (κ3) is 8.16. The number of methoxy groups -OCH3 is 1. The predicted molar refractivity (Wildman–Crippen MR) is 104 cm³/mol. The third-order valence-corrected chi connectivity index (χ3v) is 3.87. The average Bonchev–Trinajstić information content (AvgIpc) is 2.58. The first-order chi connectivity index (χ1) is 11.1. The van der Waals surface area contributed by atoms with E-state index in [0.717, 1.165) is 44.7 Å². The normalized spacial score (nSPS) is 17.7. The van der Waals surface area contributed by atoms with Crippen LogP contribution in [-0.2, 0) is 19.1 Å². The van der Waals surface area contributed by atoms with Gasteiger partial charge in [-0.1, -0.05) is 0 Å². The molecule has 0 aromatic heterocycles.